The first-order valence-corrected chi connectivity index (χ1v) is 17.4. The maximum Gasteiger partial charge on any atom is 0.163 e. The van der Waals surface area contributed by atoms with Crippen LogP contribution in [0.2, 0.25) is 0 Å². The van der Waals surface area contributed by atoms with E-state index in [0.29, 0.717) is 30.3 Å². The van der Waals surface area contributed by atoms with Crippen molar-refractivity contribution in [3.63, 3.8) is 0 Å². The second-order valence-electron chi connectivity index (χ2n) is 12.8. The highest BCUT2D eigenvalue weighted by molar-refractivity contribution is 6.06. The number of pyridine rings is 1. The van der Waals surface area contributed by atoms with Crippen LogP contribution in [0, 0.1) is 5.92 Å². The van der Waals surface area contributed by atoms with Gasteiger partial charge in [-0.05, 0) is 122 Å². The highest BCUT2D eigenvalue weighted by Crippen LogP contribution is 2.32. The van der Waals surface area contributed by atoms with Gasteiger partial charge >= 0.3 is 0 Å². The number of aromatic nitrogens is 1. The number of ketones is 2. The van der Waals surface area contributed by atoms with Gasteiger partial charge in [0.15, 0.2) is 17.3 Å². The van der Waals surface area contributed by atoms with Crippen molar-refractivity contribution < 1.29 is 19.4 Å². The Hall–Kier alpha value is -4.75. The van der Waals surface area contributed by atoms with Crippen LogP contribution >= 0.6 is 0 Å². The van der Waals surface area contributed by atoms with Crippen molar-refractivity contribution in [3.8, 4) is 11.5 Å². The number of phenols is 1. The molecule has 1 unspecified atom stereocenters. The summed E-state index contributed by atoms with van der Waals surface area (Å²) in [4.78, 5) is 29.9. The predicted molar refractivity (Wildman–Crippen MR) is 199 cm³/mol. The number of carbonyl (C=O) groups is 2. The van der Waals surface area contributed by atoms with Crippen LogP contribution in [0.1, 0.15) is 78.3 Å². The summed E-state index contributed by atoms with van der Waals surface area (Å²) in [6.45, 7) is 0.994. The van der Waals surface area contributed by atoms with Crippen molar-refractivity contribution in [2.45, 2.75) is 70.6 Å². The summed E-state index contributed by atoms with van der Waals surface area (Å²) in [5.41, 5.74) is 12.3. The first-order valence-electron chi connectivity index (χ1n) is 17.4. The average Bonchev–Trinajstić information content (AvgIpc) is 3.11. The van der Waals surface area contributed by atoms with Crippen LogP contribution in [-0.4, -0.2) is 42.4 Å². The Balaban J connectivity index is 1.30. The fourth-order valence-electron chi connectivity index (χ4n) is 6.27. The number of hydrogen-bond donors (Lipinski definition) is 3. The number of anilines is 1. The van der Waals surface area contributed by atoms with E-state index in [2.05, 4.69) is 46.7 Å². The first-order chi connectivity index (χ1) is 23.8. The molecule has 4 aromatic rings. The number of hydrogen-bond acceptors (Lipinski definition) is 7. The fourth-order valence-corrected chi connectivity index (χ4v) is 6.27. The van der Waals surface area contributed by atoms with Gasteiger partial charge in [0.05, 0.1) is 13.5 Å². The van der Waals surface area contributed by atoms with E-state index in [9.17, 15) is 14.7 Å². The zero-order valence-electron chi connectivity index (χ0n) is 29.0. The molecule has 0 saturated heterocycles. The van der Waals surface area contributed by atoms with Gasteiger partial charge < -0.3 is 20.9 Å². The number of unbranched alkanes of at least 4 members (excludes halogenated alkanes) is 2. The molecule has 49 heavy (non-hydrogen) atoms. The van der Waals surface area contributed by atoms with E-state index in [1.54, 1.807) is 24.4 Å². The van der Waals surface area contributed by atoms with Gasteiger partial charge in [-0.1, -0.05) is 79.6 Å². The standard InChI is InChI=1S/C42H51N3O4/c1-44-29-33(19-18-31-12-6-3-7-13-31)16-10-5-11-17-38(46)28-39(47)23-22-34-26-41(49-2)40(48)25-36(34)24-37-30-45-42(43)27-35(37)21-20-32-14-8-4-9-15-32/h3-4,6-9,12-15,22-23,25-27,30,33,44,48H,5,10-11,16-21,24,28-29H2,1-2H3,(H2,43,45). The van der Waals surface area contributed by atoms with Gasteiger partial charge in [0.1, 0.15) is 11.6 Å². The maximum atomic E-state index is 12.8. The maximum absolute atomic E-state index is 12.8. The Labute approximate surface area is 291 Å². The molecule has 0 saturated carbocycles. The largest absolute Gasteiger partial charge is 0.504 e. The third kappa shape index (κ3) is 12.7. The highest BCUT2D eigenvalue weighted by atomic mass is 16.5. The molecule has 0 radical (unpaired) electrons. The van der Waals surface area contributed by atoms with E-state index in [0.717, 1.165) is 80.2 Å². The number of allylic oxidation sites excluding steroid dienone is 1. The third-order valence-electron chi connectivity index (χ3n) is 9.02. The lowest BCUT2D eigenvalue weighted by Crippen LogP contribution is -2.19. The van der Waals surface area contributed by atoms with Gasteiger partial charge in [0.25, 0.3) is 0 Å². The topological polar surface area (TPSA) is 115 Å². The number of nitrogens with zero attached hydrogens (tertiary/aromatic N) is 1. The van der Waals surface area contributed by atoms with Gasteiger partial charge in [-0.15, -0.1) is 0 Å². The molecule has 1 aromatic heterocycles. The van der Waals surface area contributed by atoms with E-state index in [1.807, 2.05) is 37.4 Å². The lowest BCUT2D eigenvalue weighted by molar-refractivity contribution is -0.124. The number of nitrogens with one attached hydrogen (secondary N) is 1. The van der Waals surface area contributed by atoms with Crippen LogP contribution in [0.3, 0.4) is 0 Å². The van der Waals surface area contributed by atoms with Gasteiger partial charge in [0.2, 0.25) is 0 Å². The SMILES string of the molecule is CNCC(CCCCCC(=O)CC(=O)C=Cc1cc(OC)c(O)cc1Cc1cnc(N)cc1CCc1ccccc1)CCc1ccccc1. The Morgan fingerprint density at radius 2 is 1.59 bits per heavy atom. The summed E-state index contributed by atoms with van der Waals surface area (Å²) in [5, 5.41) is 13.9. The Bertz CT molecular complexity index is 1650. The smallest absolute Gasteiger partial charge is 0.163 e. The van der Waals surface area contributed by atoms with Crippen LogP contribution in [-0.2, 0) is 35.3 Å². The van der Waals surface area contributed by atoms with E-state index >= 15 is 0 Å². The number of nitrogens with two attached hydrogens (primary N) is 1. The number of rotatable bonds is 21. The molecule has 0 amide bonds. The van der Waals surface area contributed by atoms with Gasteiger partial charge in [-0.2, -0.15) is 0 Å². The molecule has 7 nitrogen and oxygen atoms in total. The lowest BCUT2D eigenvalue weighted by atomic mass is 9.93. The Morgan fingerprint density at radius 1 is 0.878 bits per heavy atom. The predicted octanol–water partition coefficient (Wildman–Crippen LogP) is 7.71. The van der Waals surface area contributed by atoms with E-state index in [-0.39, 0.29) is 23.7 Å². The molecule has 0 bridgehead atoms. The van der Waals surface area contributed by atoms with Crippen molar-refractivity contribution in [1.29, 1.82) is 0 Å². The van der Waals surface area contributed by atoms with E-state index < -0.39 is 0 Å². The van der Waals surface area contributed by atoms with E-state index in [1.165, 1.54) is 24.3 Å². The zero-order valence-corrected chi connectivity index (χ0v) is 29.0. The van der Waals surface area contributed by atoms with Crippen molar-refractivity contribution in [2.24, 2.45) is 5.92 Å². The summed E-state index contributed by atoms with van der Waals surface area (Å²) in [7, 11) is 3.49. The number of benzene rings is 3. The minimum atomic E-state index is -0.240. The highest BCUT2D eigenvalue weighted by Gasteiger charge is 2.14. The molecule has 1 atom stereocenters. The molecular weight excluding hydrogens is 610 g/mol. The minimum absolute atomic E-state index is 0.0128. The van der Waals surface area contributed by atoms with Crippen molar-refractivity contribution in [3.05, 3.63) is 125 Å². The number of methoxy groups -OCH3 is 1. The van der Waals surface area contributed by atoms with Crippen LogP contribution in [0.15, 0.2) is 91.1 Å². The molecule has 0 spiro atoms. The lowest BCUT2D eigenvalue weighted by Gasteiger charge is -2.16. The fraction of sp³-hybridized carbons (Fsp3) is 0.357. The number of Topliss-reactive ketones (excluding diaryl/α,β-unsaturated/α-hetero) is 1. The molecule has 7 heteroatoms. The molecule has 3 aromatic carbocycles. The summed E-state index contributed by atoms with van der Waals surface area (Å²) in [5.74, 6) is 1.10. The third-order valence-corrected chi connectivity index (χ3v) is 9.02. The number of ether oxygens (including phenoxy) is 1. The van der Waals surface area contributed by atoms with Crippen molar-refractivity contribution in [1.82, 2.24) is 10.3 Å². The van der Waals surface area contributed by atoms with Gasteiger partial charge in [-0.3, -0.25) is 9.59 Å². The van der Waals surface area contributed by atoms with Crippen LogP contribution in [0.5, 0.6) is 11.5 Å². The molecule has 4 N–H and O–H groups in total. The van der Waals surface area contributed by atoms with E-state index in [4.69, 9.17) is 10.5 Å². The molecule has 0 fully saturated rings. The Morgan fingerprint density at radius 3 is 2.29 bits per heavy atom. The number of aromatic hydroxyl groups is 1. The Kier molecular flexibility index (Phi) is 15.1. The quantitative estimate of drug-likeness (QED) is 0.0476. The van der Waals surface area contributed by atoms with Gasteiger partial charge in [0, 0.05) is 12.6 Å². The van der Waals surface area contributed by atoms with Crippen LogP contribution < -0.4 is 15.8 Å². The summed E-state index contributed by atoms with van der Waals surface area (Å²) in [6, 6.07) is 26.1. The van der Waals surface area contributed by atoms with Gasteiger partial charge in [-0.25, -0.2) is 4.98 Å². The number of carbonyl (C=O) groups excluding carboxylic acids is 2. The van der Waals surface area contributed by atoms with Crippen LogP contribution in [0.25, 0.3) is 6.08 Å². The minimum Gasteiger partial charge on any atom is -0.504 e. The second kappa shape index (κ2) is 19.9. The zero-order chi connectivity index (χ0) is 34.8. The summed E-state index contributed by atoms with van der Waals surface area (Å²) < 4.78 is 5.36. The molecule has 0 aliphatic rings. The average molecular weight is 662 g/mol. The normalized spacial score (nSPS) is 11.9. The monoisotopic (exact) mass is 661 g/mol. The molecule has 4 rings (SSSR count). The summed E-state index contributed by atoms with van der Waals surface area (Å²) >= 11 is 0. The van der Waals surface area contributed by atoms with Crippen molar-refractivity contribution in [2.75, 3.05) is 26.4 Å². The molecule has 1 heterocycles. The molecule has 0 aliphatic heterocycles. The first kappa shape index (κ1) is 37.1. The second-order valence-corrected chi connectivity index (χ2v) is 12.8. The summed E-state index contributed by atoms with van der Waals surface area (Å²) in [6.07, 6.45) is 13.5. The number of nitrogen functional groups attached to an aromatic ring is 1. The molecule has 258 valence electrons. The number of aryl methyl sites for hydroxylation is 3. The van der Waals surface area contributed by atoms with Crippen LogP contribution in [0.4, 0.5) is 5.82 Å². The van der Waals surface area contributed by atoms with Crippen molar-refractivity contribution >= 4 is 23.5 Å². The number of phenolic OH excluding ortho intramolecular Hbond substituents is 1. The molecular formula is C42H51N3O4. The molecule has 0 aliphatic carbocycles.